The van der Waals surface area contributed by atoms with Crippen LogP contribution in [0.4, 0.5) is 0 Å². The summed E-state index contributed by atoms with van der Waals surface area (Å²) >= 11 is 0. The maximum Gasteiger partial charge on any atom is 0.328 e. The SMILES string of the molecule is CN1C2CCC1CC(Oc1cnc3ccccc3n1)C2.O=C(O)/C=C/C(=O)O. The molecule has 2 atom stereocenters. The molecule has 1 aromatic carbocycles. The number of para-hydroxylation sites is 2. The van der Waals surface area contributed by atoms with Crippen molar-refractivity contribution in [1.29, 1.82) is 0 Å². The summed E-state index contributed by atoms with van der Waals surface area (Å²) in [6.07, 6.45) is 8.00. The summed E-state index contributed by atoms with van der Waals surface area (Å²) in [5.74, 6) is -1.85. The van der Waals surface area contributed by atoms with Crippen LogP contribution < -0.4 is 4.74 Å². The minimum atomic E-state index is -1.26. The fourth-order valence-electron chi connectivity index (χ4n) is 3.77. The standard InChI is InChI=1S/C16H19N3O.C4H4O4/c1-19-11-6-7-12(19)9-13(8-11)20-16-10-17-14-4-2-3-5-15(14)18-16;5-3(6)1-2-4(7)8/h2-5,10-13H,6-9H2,1H3;1-2H,(H,5,6)(H,7,8)/b;2-1+. The highest BCUT2D eigenvalue weighted by Gasteiger charge is 2.39. The van der Waals surface area contributed by atoms with E-state index >= 15 is 0 Å². The third-order valence-corrected chi connectivity index (χ3v) is 5.14. The van der Waals surface area contributed by atoms with Crippen molar-refractivity contribution in [2.75, 3.05) is 7.05 Å². The number of piperidine rings is 1. The number of ether oxygens (including phenoxy) is 1. The first-order valence-corrected chi connectivity index (χ1v) is 9.16. The lowest BCUT2D eigenvalue weighted by atomic mass is 10.0. The van der Waals surface area contributed by atoms with E-state index in [-0.39, 0.29) is 0 Å². The first kappa shape index (κ1) is 19.8. The second-order valence-corrected chi connectivity index (χ2v) is 6.97. The fraction of sp³-hybridized carbons (Fsp3) is 0.400. The molecule has 3 heterocycles. The highest BCUT2D eigenvalue weighted by atomic mass is 16.5. The molecule has 8 heteroatoms. The van der Waals surface area contributed by atoms with E-state index in [1.165, 1.54) is 12.8 Å². The summed E-state index contributed by atoms with van der Waals surface area (Å²) in [5, 5.41) is 15.6. The molecule has 2 fully saturated rings. The minimum Gasteiger partial charge on any atom is -0.478 e. The number of nitrogens with zero attached hydrogens (tertiary/aromatic N) is 3. The summed E-state index contributed by atoms with van der Waals surface area (Å²) in [7, 11) is 2.24. The third kappa shape index (κ3) is 5.04. The maximum absolute atomic E-state index is 9.55. The zero-order chi connectivity index (χ0) is 20.1. The van der Waals surface area contributed by atoms with Gasteiger partial charge in [0, 0.05) is 24.2 Å². The number of carboxylic acids is 2. The largest absolute Gasteiger partial charge is 0.478 e. The predicted molar refractivity (Wildman–Crippen MR) is 102 cm³/mol. The van der Waals surface area contributed by atoms with Gasteiger partial charge in [-0.3, -0.25) is 0 Å². The summed E-state index contributed by atoms with van der Waals surface area (Å²) < 4.78 is 6.09. The number of carboxylic acid groups (broad SMARTS) is 2. The van der Waals surface area contributed by atoms with Crippen LogP contribution in [0.1, 0.15) is 25.7 Å². The van der Waals surface area contributed by atoms with Gasteiger partial charge in [-0.25, -0.2) is 19.6 Å². The first-order chi connectivity index (χ1) is 13.4. The average molecular weight is 385 g/mol. The Hall–Kier alpha value is -3.00. The van der Waals surface area contributed by atoms with E-state index in [4.69, 9.17) is 14.9 Å². The number of carbonyl (C=O) groups is 2. The molecule has 8 nitrogen and oxygen atoms in total. The zero-order valence-corrected chi connectivity index (χ0v) is 15.6. The quantitative estimate of drug-likeness (QED) is 0.771. The lowest BCUT2D eigenvalue weighted by Gasteiger charge is -2.35. The highest BCUT2D eigenvalue weighted by Crippen LogP contribution is 2.35. The first-order valence-electron chi connectivity index (χ1n) is 9.16. The molecule has 2 aliphatic rings. The maximum atomic E-state index is 9.55. The molecule has 1 aromatic heterocycles. The fourth-order valence-corrected chi connectivity index (χ4v) is 3.77. The van der Waals surface area contributed by atoms with Crippen LogP contribution in [0.15, 0.2) is 42.6 Å². The third-order valence-electron chi connectivity index (χ3n) is 5.14. The van der Waals surface area contributed by atoms with Gasteiger partial charge in [0.25, 0.3) is 0 Å². The summed E-state index contributed by atoms with van der Waals surface area (Å²) in [4.78, 5) is 30.6. The van der Waals surface area contributed by atoms with Gasteiger partial charge in [0.15, 0.2) is 0 Å². The molecule has 0 radical (unpaired) electrons. The molecule has 0 spiro atoms. The van der Waals surface area contributed by atoms with E-state index < -0.39 is 11.9 Å². The Balaban J connectivity index is 0.000000242. The van der Waals surface area contributed by atoms with Crippen molar-refractivity contribution in [2.45, 2.75) is 43.9 Å². The van der Waals surface area contributed by atoms with E-state index in [9.17, 15) is 9.59 Å². The van der Waals surface area contributed by atoms with Crippen LogP contribution in [0.3, 0.4) is 0 Å². The van der Waals surface area contributed by atoms with E-state index in [0.29, 0.717) is 36.2 Å². The van der Waals surface area contributed by atoms with Crippen molar-refractivity contribution in [2.24, 2.45) is 0 Å². The Morgan fingerprint density at radius 3 is 2.21 bits per heavy atom. The van der Waals surface area contributed by atoms with E-state index in [2.05, 4.69) is 21.9 Å². The number of benzene rings is 1. The number of rotatable bonds is 4. The number of aliphatic carboxylic acids is 2. The van der Waals surface area contributed by atoms with Crippen molar-refractivity contribution in [3.8, 4) is 5.88 Å². The Bertz CT molecular complexity index is 855. The van der Waals surface area contributed by atoms with Crippen molar-refractivity contribution in [3.05, 3.63) is 42.6 Å². The summed E-state index contributed by atoms with van der Waals surface area (Å²) in [6.45, 7) is 0. The van der Waals surface area contributed by atoms with Gasteiger partial charge in [-0.1, -0.05) is 12.1 Å². The van der Waals surface area contributed by atoms with Gasteiger partial charge < -0.3 is 19.8 Å². The number of hydrogen-bond acceptors (Lipinski definition) is 6. The Kier molecular flexibility index (Phi) is 6.20. The molecule has 4 rings (SSSR count). The lowest BCUT2D eigenvalue weighted by Crippen LogP contribution is -2.43. The van der Waals surface area contributed by atoms with Crippen molar-refractivity contribution >= 4 is 23.0 Å². The minimum absolute atomic E-state index is 0.291. The van der Waals surface area contributed by atoms with Crippen LogP contribution in [0.5, 0.6) is 5.88 Å². The monoisotopic (exact) mass is 385 g/mol. The molecular weight excluding hydrogens is 362 g/mol. The predicted octanol–water partition coefficient (Wildman–Crippen LogP) is 2.35. The second kappa shape index (κ2) is 8.79. The van der Waals surface area contributed by atoms with Crippen molar-refractivity contribution < 1.29 is 24.5 Å². The van der Waals surface area contributed by atoms with Crippen molar-refractivity contribution in [3.63, 3.8) is 0 Å². The molecule has 2 N–H and O–H groups in total. The van der Waals surface area contributed by atoms with Crippen LogP contribution in [0, 0.1) is 0 Å². The molecule has 2 unspecified atom stereocenters. The van der Waals surface area contributed by atoms with Crippen LogP contribution in [-0.2, 0) is 9.59 Å². The zero-order valence-electron chi connectivity index (χ0n) is 15.6. The normalized spacial score (nSPS) is 24.0. The average Bonchev–Trinajstić information content (AvgIpc) is 2.88. The van der Waals surface area contributed by atoms with Gasteiger partial charge >= 0.3 is 11.9 Å². The van der Waals surface area contributed by atoms with Crippen LogP contribution in [0.2, 0.25) is 0 Å². The number of fused-ring (bicyclic) bond motifs is 3. The van der Waals surface area contributed by atoms with Crippen molar-refractivity contribution in [1.82, 2.24) is 14.9 Å². The molecule has 148 valence electrons. The van der Waals surface area contributed by atoms with Crippen LogP contribution in [0.25, 0.3) is 11.0 Å². The molecule has 0 amide bonds. The Morgan fingerprint density at radius 2 is 1.64 bits per heavy atom. The number of aromatic nitrogens is 2. The van der Waals surface area contributed by atoms with Gasteiger partial charge in [-0.05, 0) is 44.9 Å². The summed E-state index contributed by atoms with van der Waals surface area (Å²) in [5.41, 5.74) is 1.82. The van der Waals surface area contributed by atoms with Crippen LogP contribution in [-0.4, -0.2) is 62.3 Å². The van der Waals surface area contributed by atoms with Crippen LogP contribution >= 0.6 is 0 Å². The molecule has 2 aromatic rings. The lowest BCUT2D eigenvalue weighted by molar-refractivity contribution is -0.134. The van der Waals surface area contributed by atoms with Gasteiger partial charge in [0.1, 0.15) is 6.10 Å². The van der Waals surface area contributed by atoms with E-state index in [1.54, 1.807) is 6.20 Å². The molecule has 2 bridgehead atoms. The Morgan fingerprint density at radius 1 is 1.07 bits per heavy atom. The van der Waals surface area contributed by atoms with Gasteiger partial charge in [-0.15, -0.1) is 0 Å². The van der Waals surface area contributed by atoms with Gasteiger partial charge in [0.2, 0.25) is 5.88 Å². The van der Waals surface area contributed by atoms with E-state index in [1.807, 2.05) is 24.3 Å². The molecule has 0 saturated carbocycles. The summed E-state index contributed by atoms with van der Waals surface area (Å²) in [6, 6.07) is 9.29. The highest BCUT2D eigenvalue weighted by molar-refractivity contribution is 5.89. The topological polar surface area (TPSA) is 113 Å². The second-order valence-electron chi connectivity index (χ2n) is 6.97. The Labute approximate surface area is 162 Å². The molecule has 28 heavy (non-hydrogen) atoms. The van der Waals surface area contributed by atoms with Gasteiger partial charge in [-0.2, -0.15) is 0 Å². The molecule has 0 aliphatic carbocycles. The van der Waals surface area contributed by atoms with E-state index in [0.717, 1.165) is 23.9 Å². The molecule has 2 aliphatic heterocycles. The smallest absolute Gasteiger partial charge is 0.328 e. The number of hydrogen-bond donors (Lipinski definition) is 2. The molecular formula is C20H23N3O5. The molecule has 2 saturated heterocycles. The van der Waals surface area contributed by atoms with Gasteiger partial charge in [0.05, 0.1) is 17.2 Å².